The lowest BCUT2D eigenvalue weighted by Gasteiger charge is -2.07. The molecule has 20 heavy (non-hydrogen) atoms. The van der Waals surface area contributed by atoms with E-state index in [1.54, 1.807) is 24.3 Å². The molecule has 4 nitrogen and oxygen atoms in total. The van der Waals surface area contributed by atoms with Crippen LogP contribution in [-0.4, -0.2) is 14.3 Å². The number of hydrogen-bond donors (Lipinski definition) is 1. The fourth-order valence-electron chi connectivity index (χ4n) is 1.91. The van der Waals surface area contributed by atoms with Crippen molar-refractivity contribution in [2.24, 2.45) is 4.40 Å². The third kappa shape index (κ3) is 2.23. The molecule has 0 saturated heterocycles. The molecule has 1 aliphatic heterocycles. The highest BCUT2D eigenvalue weighted by atomic mass is 79.9. The van der Waals surface area contributed by atoms with Crippen molar-refractivity contribution in [1.82, 2.24) is 0 Å². The molecule has 1 N–H and O–H groups in total. The lowest BCUT2D eigenvalue weighted by molar-refractivity contribution is 0.599. The molecule has 0 atom stereocenters. The Morgan fingerprint density at radius 2 is 1.90 bits per heavy atom. The van der Waals surface area contributed by atoms with Crippen LogP contribution in [0.25, 0.3) is 0 Å². The molecule has 0 aromatic heterocycles. The van der Waals surface area contributed by atoms with E-state index in [-0.39, 0.29) is 16.4 Å². The fourth-order valence-corrected chi connectivity index (χ4v) is 3.42. The topological polar surface area (TPSA) is 58.5 Å². The highest BCUT2D eigenvalue weighted by Crippen LogP contribution is 2.27. The van der Waals surface area contributed by atoms with Crippen molar-refractivity contribution in [3.63, 3.8) is 0 Å². The summed E-state index contributed by atoms with van der Waals surface area (Å²) in [5.41, 5.74) is 0.605. The maximum atomic E-state index is 13.8. The van der Waals surface area contributed by atoms with Gasteiger partial charge in [0.15, 0.2) is 5.84 Å². The zero-order valence-corrected chi connectivity index (χ0v) is 12.4. The Bertz CT molecular complexity index is 834. The summed E-state index contributed by atoms with van der Waals surface area (Å²) >= 11 is 3.16. The Morgan fingerprint density at radius 1 is 1.15 bits per heavy atom. The number of sulfonamides is 1. The Labute approximate surface area is 123 Å². The molecular formula is C13H8BrFN2O2S. The molecule has 102 valence electrons. The highest BCUT2D eigenvalue weighted by Gasteiger charge is 2.28. The summed E-state index contributed by atoms with van der Waals surface area (Å²) in [6.45, 7) is 0. The smallest absolute Gasteiger partial charge is 0.285 e. The van der Waals surface area contributed by atoms with Gasteiger partial charge < -0.3 is 5.32 Å². The first kappa shape index (κ1) is 13.3. The molecule has 2 aromatic carbocycles. The Hall–Kier alpha value is -1.73. The molecule has 0 saturated carbocycles. The van der Waals surface area contributed by atoms with Gasteiger partial charge in [-0.2, -0.15) is 8.42 Å². The monoisotopic (exact) mass is 354 g/mol. The maximum absolute atomic E-state index is 13.8. The minimum absolute atomic E-state index is 0.125. The van der Waals surface area contributed by atoms with Crippen molar-refractivity contribution >= 4 is 37.5 Å². The molecule has 0 bridgehead atoms. The normalized spacial score (nSPS) is 15.6. The summed E-state index contributed by atoms with van der Waals surface area (Å²) in [5.74, 6) is -0.370. The molecule has 1 heterocycles. The Kier molecular flexibility index (Phi) is 3.10. The SMILES string of the molecule is O=S1(=O)N=C(Nc2ccc(Br)cc2F)c2ccccc21. The number of hydrogen-bond acceptors (Lipinski definition) is 3. The van der Waals surface area contributed by atoms with Crippen molar-refractivity contribution in [2.45, 2.75) is 4.90 Å². The standard InChI is InChI=1S/C13H8BrFN2O2S/c14-8-5-6-11(10(15)7-8)16-13-9-3-1-2-4-12(9)20(18,19)17-13/h1-7H,(H,16,17). The van der Waals surface area contributed by atoms with Crippen LogP contribution in [0.1, 0.15) is 5.56 Å². The zero-order valence-electron chi connectivity index (χ0n) is 9.97. The van der Waals surface area contributed by atoms with Crippen LogP contribution in [-0.2, 0) is 10.0 Å². The van der Waals surface area contributed by atoms with Crippen LogP contribution in [0.2, 0.25) is 0 Å². The van der Waals surface area contributed by atoms with Crippen molar-refractivity contribution < 1.29 is 12.8 Å². The van der Waals surface area contributed by atoms with E-state index in [9.17, 15) is 12.8 Å². The van der Waals surface area contributed by atoms with Gasteiger partial charge in [0.2, 0.25) is 0 Å². The van der Waals surface area contributed by atoms with E-state index in [0.717, 1.165) is 0 Å². The summed E-state index contributed by atoms with van der Waals surface area (Å²) in [6.07, 6.45) is 0. The van der Waals surface area contributed by atoms with Gasteiger partial charge in [-0.1, -0.05) is 28.1 Å². The van der Waals surface area contributed by atoms with Gasteiger partial charge in [-0.15, -0.1) is 4.40 Å². The molecule has 7 heteroatoms. The second kappa shape index (κ2) is 4.68. The van der Waals surface area contributed by atoms with Gasteiger partial charge in [-0.3, -0.25) is 0 Å². The van der Waals surface area contributed by atoms with E-state index >= 15 is 0 Å². The predicted octanol–water partition coefficient (Wildman–Crippen LogP) is 3.15. The molecule has 0 unspecified atom stereocenters. The number of nitrogens with zero attached hydrogens (tertiary/aromatic N) is 1. The van der Waals surface area contributed by atoms with E-state index in [2.05, 4.69) is 25.6 Å². The van der Waals surface area contributed by atoms with Crippen molar-refractivity contribution in [3.8, 4) is 0 Å². The van der Waals surface area contributed by atoms with Gasteiger partial charge in [0.05, 0.1) is 5.69 Å². The first-order valence-electron chi connectivity index (χ1n) is 5.64. The molecule has 1 aliphatic rings. The average Bonchev–Trinajstić information content (AvgIpc) is 2.65. The van der Waals surface area contributed by atoms with Gasteiger partial charge in [-0.05, 0) is 30.3 Å². The van der Waals surface area contributed by atoms with Crippen LogP contribution < -0.4 is 5.32 Å². The highest BCUT2D eigenvalue weighted by molar-refractivity contribution is 9.10. The van der Waals surface area contributed by atoms with Crippen LogP contribution in [0.5, 0.6) is 0 Å². The second-order valence-corrected chi connectivity index (χ2v) is 6.65. The van der Waals surface area contributed by atoms with Crippen molar-refractivity contribution in [1.29, 1.82) is 0 Å². The number of nitrogens with one attached hydrogen (secondary N) is 1. The predicted molar refractivity (Wildman–Crippen MR) is 77.9 cm³/mol. The minimum atomic E-state index is -3.70. The number of benzene rings is 2. The van der Waals surface area contributed by atoms with Crippen LogP contribution in [0, 0.1) is 5.82 Å². The van der Waals surface area contributed by atoms with Gasteiger partial charge in [0, 0.05) is 10.0 Å². The fraction of sp³-hybridized carbons (Fsp3) is 0. The van der Waals surface area contributed by atoms with Crippen molar-refractivity contribution in [3.05, 3.63) is 58.3 Å². The zero-order chi connectivity index (χ0) is 14.3. The summed E-state index contributed by atoms with van der Waals surface area (Å²) < 4.78 is 41.7. The molecule has 0 radical (unpaired) electrons. The lowest BCUT2D eigenvalue weighted by Crippen LogP contribution is -2.12. The minimum Gasteiger partial charge on any atom is -0.337 e. The van der Waals surface area contributed by atoms with Crippen LogP contribution in [0.15, 0.2) is 56.2 Å². The number of halogens is 2. The van der Waals surface area contributed by atoms with Gasteiger partial charge in [0.25, 0.3) is 10.0 Å². The molecule has 3 rings (SSSR count). The van der Waals surface area contributed by atoms with Gasteiger partial charge in [-0.25, -0.2) is 4.39 Å². The van der Waals surface area contributed by atoms with Crippen LogP contribution in [0.3, 0.4) is 0 Å². The van der Waals surface area contributed by atoms with Crippen molar-refractivity contribution in [2.75, 3.05) is 5.32 Å². The number of rotatable bonds is 1. The number of fused-ring (bicyclic) bond motifs is 1. The summed E-state index contributed by atoms with van der Waals surface area (Å²) in [7, 11) is -3.70. The van der Waals surface area contributed by atoms with Gasteiger partial charge in [0.1, 0.15) is 10.7 Å². The largest absolute Gasteiger partial charge is 0.337 e. The van der Waals surface area contributed by atoms with Gasteiger partial charge >= 0.3 is 0 Å². The van der Waals surface area contributed by atoms with Crippen LogP contribution in [0.4, 0.5) is 10.1 Å². The molecule has 0 aliphatic carbocycles. The Morgan fingerprint density at radius 3 is 2.65 bits per heavy atom. The van der Waals surface area contributed by atoms with E-state index in [1.165, 1.54) is 18.2 Å². The van der Waals surface area contributed by atoms with Crippen LogP contribution >= 0.6 is 15.9 Å². The summed E-state index contributed by atoms with van der Waals surface area (Å²) in [5, 5.41) is 2.72. The first-order chi connectivity index (χ1) is 9.47. The molecule has 0 fully saturated rings. The second-order valence-electron chi connectivity index (χ2n) is 4.16. The quantitative estimate of drug-likeness (QED) is 0.855. The molecule has 0 amide bonds. The molecular weight excluding hydrogens is 347 g/mol. The Balaban J connectivity index is 2.05. The summed E-state index contributed by atoms with van der Waals surface area (Å²) in [6, 6.07) is 10.9. The number of amidine groups is 1. The van der Waals surface area contributed by atoms with E-state index in [1.807, 2.05) is 0 Å². The molecule has 0 spiro atoms. The van der Waals surface area contributed by atoms with E-state index < -0.39 is 15.8 Å². The van der Waals surface area contributed by atoms with E-state index in [0.29, 0.717) is 10.0 Å². The number of anilines is 1. The summed E-state index contributed by atoms with van der Waals surface area (Å²) in [4.78, 5) is 0.125. The molecule has 2 aromatic rings. The third-order valence-electron chi connectivity index (χ3n) is 2.82. The lowest BCUT2D eigenvalue weighted by atomic mass is 10.2. The maximum Gasteiger partial charge on any atom is 0.285 e. The third-order valence-corrected chi connectivity index (χ3v) is 4.64. The van der Waals surface area contributed by atoms with E-state index in [4.69, 9.17) is 0 Å². The average molecular weight is 355 g/mol. The first-order valence-corrected chi connectivity index (χ1v) is 7.87.